The quantitative estimate of drug-likeness (QED) is 0.767. The fourth-order valence-corrected chi connectivity index (χ4v) is 3.74. The maximum absolute atomic E-state index is 6.08. The molecule has 1 unspecified atom stereocenters. The second-order valence-corrected chi connectivity index (χ2v) is 6.88. The zero-order chi connectivity index (χ0) is 14.5. The fourth-order valence-electron chi connectivity index (χ4n) is 1.89. The molecule has 2 rings (SSSR count). The molecule has 0 fully saturated rings. The van der Waals surface area contributed by atoms with Gasteiger partial charge in [0, 0.05) is 15.1 Å². The molecule has 0 amide bonds. The van der Waals surface area contributed by atoms with Crippen LogP contribution in [-0.4, -0.2) is 16.7 Å². The van der Waals surface area contributed by atoms with Crippen LogP contribution in [0.4, 0.5) is 0 Å². The van der Waals surface area contributed by atoms with Gasteiger partial charge in [-0.25, -0.2) is 0 Å². The van der Waals surface area contributed by atoms with E-state index in [-0.39, 0.29) is 6.04 Å². The Morgan fingerprint density at radius 3 is 2.75 bits per heavy atom. The number of nitrogens with one attached hydrogen (secondary N) is 1. The molecule has 0 aliphatic rings. The highest BCUT2D eigenvalue weighted by Gasteiger charge is 2.15. The fraction of sp³-hybridized carbons (Fsp3) is 0.429. The Bertz CT molecular complexity index is 553. The monoisotopic (exact) mass is 373 g/mol. The van der Waals surface area contributed by atoms with Gasteiger partial charge in [-0.1, -0.05) is 52.7 Å². The molecule has 1 N–H and O–H groups in total. The standard InChI is InChI=1S/C14H17BrClN3S/c1-3-5-17-12(4-2)14-19-18-13(20-14)9-6-10(15)8-11(16)7-9/h6-8,12,17H,3-5H2,1-2H3. The Hall–Kier alpha value is -0.490. The Kier molecular flexibility index (Phi) is 5.96. The van der Waals surface area contributed by atoms with Gasteiger partial charge in [0.1, 0.15) is 10.0 Å². The van der Waals surface area contributed by atoms with Gasteiger partial charge in [-0.05, 0) is 37.6 Å². The number of benzene rings is 1. The number of hydrogen-bond donors (Lipinski definition) is 1. The van der Waals surface area contributed by atoms with Crippen LogP contribution in [0.3, 0.4) is 0 Å². The molecule has 0 aliphatic carbocycles. The van der Waals surface area contributed by atoms with Crippen LogP contribution in [0.25, 0.3) is 10.6 Å². The SMILES string of the molecule is CCCNC(CC)c1nnc(-c2cc(Cl)cc(Br)c2)s1. The zero-order valence-electron chi connectivity index (χ0n) is 11.5. The lowest BCUT2D eigenvalue weighted by atomic mass is 10.2. The molecule has 2 aromatic rings. The smallest absolute Gasteiger partial charge is 0.147 e. The van der Waals surface area contributed by atoms with Crippen LogP contribution in [-0.2, 0) is 0 Å². The molecule has 0 spiro atoms. The molecule has 0 aliphatic heterocycles. The van der Waals surface area contributed by atoms with Gasteiger partial charge in [-0.15, -0.1) is 10.2 Å². The number of halogens is 2. The number of aromatic nitrogens is 2. The molecule has 0 bridgehead atoms. The lowest BCUT2D eigenvalue weighted by molar-refractivity contribution is 0.513. The minimum absolute atomic E-state index is 0.281. The number of hydrogen-bond acceptors (Lipinski definition) is 4. The van der Waals surface area contributed by atoms with Crippen molar-refractivity contribution in [2.24, 2.45) is 0 Å². The summed E-state index contributed by atoms with van der Waals surface area (Å²) in [7, 11) is 0. The van der Waals surface area contributed by atoms with Gasteiger partial charge in [0.2, 0.25) is 0 Å². The summed E-state index contributed by atoms with van der Waals surface area (Å²) in [6.45, 7) is 5.31. The minimum Gasteiger partial charge on any atom is -0.308 e. The summed E-state index contributed by atoms with van der Waals surface area (Å²) in [4.78, 5) is 0. The van der Waals surface area contributed by atoms with E-state index in [1.54, 1.807) is 11.3 Å². The van der Waals surface area contributed by atoms with Gasteiger partial charge >= 0.3 is 0 Å². The molecule has 108 valence electrons. The van der Waals surface area contributed by atoms with Crippen LogP contribution >= 0.6 is 38.9 Å². The molecular weight excluding hydrogens is 358 g/mol. The third kappa shape index (κ3) is 4.01. The molecule has 1 heterocycles. The maximum Gasteiger partial charge on any atom is 0.147 e. The van der Waals surface area contributed by atoms with Crippen LogP contribution in [0.1, 0.15) is 37.7 Å². The minimum atomic E-state index is 0.281. The molecule has 3 nitrogen and oxygen atoms in total. The first-order valence-electron chi connectivity index (χ1n) is 6.67. The summed E-state index contributed by atoms with van der Waals surface area (Å²) in [6, 6.07) is 6.07. The average Bonchev–Trinajstić information content (AvgIpc) is 2.88. The second kappa shape index (κ2) is 7.50. The van der Waals surface area contributed by atoms with Crippen LogP contribution < -0.4 is 5.32 Å². The topological polar surface area (TPSA) is 37.8 Å². The van der Waals surface area contributed by atoms with E-state index in [1.165, 1.54) is 0 Å². The highest BCUT2D eigenvalue weighted by atomic mass is 79.9. The van der Waals surface area contributed by atoms with Crippen molar-refractivity contribution in [1.29, 1.82) is 0 Å². The van der Waals surface area contributed by atoms with Gasteiger partial charge in [0.25, 0.3) is 0 Å². The van der Waals surface area contributed by atoms with E-state index in [4.69, 9.17) is 11.6 Å². The van der Waals surface area contributed by atoms with Crippen LogP contribution in [0.2, 0.25) is 5.02 Å². The van der Waals surface area contributed by atoms with E-state index < -0.39 is 0 Å². The Morgan fingerprint density at radius 1 is 1.30 bits per heavy atom. The van der Waals surface area contributed by atoms with E-state index in [2.05, 4.69) is 45.3 Å². The third-order valence-corrected chi connectivity index (χ3v) is 4.66. The van der Waals surface area contributed by atoms with Crippen molar-refractivity contribution in [3.05, 3.63) is 32.7 Å². The highest BCUT2D eigenvalue weighted by molar-refractivity contribution is 9.10. The maximum atomic E-state index is 6.08. The van der Waals surface area contributed by atoms with Crippen molar-refractivity contribution in [2.75, 3.05) is 6.54 Å². The van der Waals surface area contributed by atoms with Gasteiger partial charge < -0.3 is 5.32 Å². The lowest BCUT2D eigenvalue weighted by Gasteiger charge is -2.12. The first kappa shape index (κ1) is 15.9. The van der Waals surface area contributed by atoms with Gasteiger partial charge in [0.05, 0.1) is 6.04 Å². The molecule has 1 atom stereocenters. The van der Waals surface area contributed by atoms with E-state index in [1.807, 2.05) is 18.2 Å². The lowest BCUT2D eigenvalue weighted by Crippen LogP contribution is -2.21. The first-order chi connectivity index (χ1) is 9.63. The summed E-state index contributed by atoms with van der Waals surface area (Å²) in [6.07, 6.45) is 2.12. The summed E-state index contributed by atoms with van der Waals surface area (Å²) in [5.41, 5.74) is 0.999. The zero-order valence-corrected chi connectivity index (χ0v) is 14.6. The van der Waals surface area contributed by atoms with E-state index >= 15 is 0 Å². The molecule has 0 radical (unpaired) electrons. The molecule has 1 aromatic heterocycles. The molecule has 1 aromatic carbocycles. The average molecular weight is 375 g/mol. The number of rotatable bonds is 6. The van der Waals surface area contributed by atoms with Crippen LogP contribution in [0.15, 0.2) is 22.7 Å². The van der Waals surface area contributed by atoms with Crippen molar-refractivity contribution in [3.8, 4) is 10.6 Å². The molecule has 6 heteroatoms. The first-order valence-corrected chi connectivity index (χ1v) is 8.66. The predicted octanol–water partition coefficient (Wildman–Crippen LogP) is 5.07. The van der Waals surface area contributed by atoms with Crippen molar-refractivity contribution in [2.45, 2.75) is 32.7 Å². The van der Waals surface area contributed by atoms with Gasteiger partial charge in [-0.3, -0.25) is 0 Å². The van der Waals surface area contributed by atoms with Crippen LogP contribution in [0.5, 0.6) is 0 Å². The Labute approximate surface area is 136 Å². The van der Waals surface area contributed by atoms with Crippen molar-refractivity contribution in [1.82, 2.24) is 15.5 Å². The summed E-state index contributed by atoms with van der Waals surface area (Å²) in [5, 5.41) is 14.7. The molecule has 0 saturated heterocycles. The third-order valence-electron chi connectivity index (χ3n) is 2.90. The van der Waals surface area contributed by atoms with Crippen LogP contribution in [0, 0.1) is 0 Å². The largest absolute Gasteiger partial charge is 0.308 e. The van der Waals surface area contributed by atoms with Crippen molar-refractivity contribution >= 4 is 38.9 Å². The van der Waals surface area contributed by atoms with E-state index in [0.29, 0.717) is 5.02 Å². The number of nitrogens with zero attached hydrogens (tertiary/aromatic N) is 2. The summed E-state index contributed by atoms with van der Waals surface area (Å²) in [5.74, 6) is 0. The van der Waals surface area contributed by atoms with E-state index in [0.717, 1.165) is 39.4 Å². The molecule has 20 heavy (non-hydrogen) atoms. The summed E-state index contributed by atoms with van der Waals surface area (Å²) >= 11 is 11.2. The van der Waals surface area contributed by atoms with Crippen molar-refractivity contribution in [3.63, 3.8) is 0 Å². The van der Waals surface area contributed by atoms with Gasteiger partial charge in [-0.2, -0.15) is 0 Å². The Morgan fingerprint density at radius 2 is 2.10 bits per heavy atom. The normalized spacial score (nSPS) is 12.6. The predicted molar refractivity (Wildman–Crippen MR) is 89.4 cm³/mol. The van der Waals surface area contributed by atoms with E-state index in [9.17, 15) is 0 Å². The van der Waals surface area contributed by atoms with Crippen molar-refractivity contribution < 1.29 is 0 Å². The highest BCUT2D eigenvalue weighted by Crippen LogP contribution is 2.31. The Balaban J connectivity index is 2.23. The second-order valence-electron chi connectivity index (χ2n) is 4.52. The molecule has 0 saturated carbocycles. The summed E-state index contributed by atoms with van der Waals surface area (Å²) < 4.78 is 0.952. The molecular formula is C14H17BrClN3S. The van der Waals surface area contributed by atoms with Gasteiger partial charge in [0.15, 0.2) is 0 Å².